The lowest BCUT2D eigenvalue weighted by Crippen LogP contribution is -2.43. The maximum absolute atomic E-state index is 13.4. The molecule has 2 amide bonds. The number of anilines is 3. The second kappa shape index (κ2) is 8.08. The number of benzene rings is 3. The molecule has 0 aromatic heterocycles. The lowest BCUT2D eigenvalue weighted by molar-refractivity contribution is -0.114. The topological polar surface area (TPSA) is 70.7 Å². The number of carbonyl (C=O) groups excluding carboxylic acids is 2. The third-order valence-corrected chi connectivity index (χ3v) is 5.18. The van der Waals surface area contributed by atoms with Crippen LogP contribution in [0.5, 0.6) is 5.75 Å². The average molecular weight is 422 g/mol. The van der Waals surface area contributed by atoms with E-state index < -0.39 is 6.17 Å². The maximum Gasteiger partial charge on any atom is 0.262 e. The Bertz CT molecular complexity index is 1110. The number of hydrogen-bond donors (Lipinski definition) is 2. The Kier molecular flexibility index (Phi) is 5.33. The van der Waals surface area contributed by atoms with Crippen LogP contribution in [0, 0.1) is 0 Å². The average Bonchev–Trinajstić information content (AvgIpc) is 2.74. The first-order valence-corrected chi connectivity index (χ1v) is 9.76. The fraction of sp³-hybridized carbons (Fsp3) is 0.130. The van der Waals surface area contributed by atoms with Gasteiger partial charge in [-0.15, -0.1) is 0 Å². The monoisotopic (exact) mass is 421 g/mol. The summed E-state index contributed by atoms with van der Waals surface area (Å²) in [6.45, 7) is 1.46. The molecule has 0 fully saturated rings. The summed E-state index contributed by atoms with van der Waals surface area (Å²) < 4.78 is 5.24. The lowest BCUT2D eigenvalue weighted by Gasteiger charge is -2.38. The van der Waals surface area contributed by atoms with Gasteiger partial charge in [0.2, 0.25) is 5.91 Å². The van der Waals surface area contributed by atoms with Crippen molar-refractivity contribution in [2.45, 2.75) is 13.1 Å². The Hall–Kier alpha value is -3.51. The van der Waals surface area contributed by atoms with Gasteiger partial charge in [-0.3, -0.25) is 14.5 Å². The summed E-state index contributed by atoms with van der Waals surface area (Å²) in [5.41, 5.74) is 3.53. The van der Waals surface area contributed by atoms with Crippen LogP contribution < -0.4 is 20.3 Å². The van der Waals surface area contributed by atoms with Gasteiger partial charge in [-0.2, -0.15) is 0 Å². The number of nitrogens with one attached hydrogen (secondary N) is 2. The third-order valence-electron chi connectivity index (χ3n) is 4.89. The van der Waals surface area contributed by atoms with Crippen molar-refractivity contribution in [1.29, 1.82) is 0 Å². The number of fused-ring (bicyclic) bond motifs is 1. The van der Waals surface area contributed by atoms with E-state index in [9.17, 15) is 9.59 Å². The second-order valence-electron chi connectivity index (χ2n) is 6.89. The van der Waals surface area contributed by atoms with E-state index in [0.29, 0.717) is 27.7 Å². The van der Waals surface area contributed by atoms with Crippen molar-refractivity contribution in [3.63, 3.8) is 0 Å². The van der Waals surface area contributed by atoms with E-state index in [4.69, 9.17) is 16.3 Å². The molecule has 0 saturated carbocycles. The summed E-state index contributed by atoms with van der Waals surface area (Å²) in [6.07, 6.45) is -0.455. The van der Waals surface area contributed by atoms with E-state index in [2.05, 4.69) is 10.6 Å². The first-order chi connectivity index (χ1) is 14.5. The number of halogens is 1. The fourth-order valence-corrected chi connectivity index (χ4v) is 3.76. The van der Waals surface area contributed by atoms with E-state index in [1.165, 1.54) is 6.92 Å². The molecule has 1 aliphatic rings. The van der Waals surface area contributed by atoms with Crippen LogP contribution in [0.2, 0.25) is 5.02 Å². The van der Waals surface area contributed by atoms with Crippen molar-refractivity contribution in [3.8, 4) is 5.75 Å². The van der Waals surface area contributed by atoms with Crippen LogP contribution in [0.25, 0.3) is 0 Å². The quantitative estimate of drug-likeness (QED) is 0.616. The van der Waals surface area contributed by atoms with Crippen molar-refractivity contribution in [1.82, 2.24) is 0 Å². The molecule has 0 aliphatic carbocycles. The molecule has 6 nitrogen and oxygen atoms in total. The standard InChI is InChI=1S/C23H20ClN3O3/c1-14(28)25-16-9-7-15(8-10-16)22-26-20-6-4-3-5-18(20)23(29)27(22)17-11-12-21(30-2)19(24)13-17/h3-13,22,26H,1-2H3,(H,25,28). The van der Waals surface area contributed by atoms with Crippen molar-refractivity contribution in [3.05, 3.63) is 82.9 Å². The number of hydrogen-bond acceptors (Lipinski definition) is 4. The number of amides is 2. The smallest absolute Gasteiger partial charge is 0.262 e. The van der Waals surface area contributed by atoms with Gasteiger partial charge in [-0.05, 0) is 48.0 Å². The molecule has 2 N–H and O–H groups in total. The van der Waals surface area contributed by atoms with Crippen LogP contribution in [0.3, 0.4) is 0 Å². The maximum atomic E-state index is 13.4. The van der Waals surface area contributed by atoms with Crippen LogP contribution in [-0.2, 0) is 4.79 Å². The highest BCUT2D eigenvalue weighted by Gasteiger charge is 2.34. The summed E-state index contributed by atoms with van der Waals surface area (Å²) in [6, 6.07) is 20.0. The van der Waals surface area contributed by atoms with Gasteiger partial charge in [0.05, 0.1) is 17.7 Å². The van der Waals surface area contributed by atoms with E-state index in [0.717, 1.165) is 11.3 Å². The minimum Gasteiger partial charge on any atom is -0.495 e. The van der Waals surface area contributed by atoms with Gasteiger partial charge in [0.15, 0.2) is 0 Å². The van der Waals surface area contributed by atoms with Crippen LogP contribution in [0.4, 0.5) is 17.1 Å². The van der Waals surface area contributed by atoms with Gasteiger partial charge in [-0.25, -0.2) is 0 Å². The Labute approximate surface area is 179 Å². The number of rotatable bonds is 4. The molecule has 3 aromatic carbocycles. The van der Waals surface area contributed by atoms with Gasteiger partial charge < -0.3 is 15.4 Å². The van der Waals surface area contributed by atoms with E-state index in [1.54, 1.807) is 36.3 Å². The largest absolute Gasteiger partial charge is 0.495 e. The van der Waals surface area contributed by atoms with Crippen LogP contribution >= 0.6 is 11.6 Å². The highest BCUT2D eigenvalue weighted by atomic mass is 35.5. The van der Waals surface area contributed by atoms with Gasteiger partial charge in [-0.1, -0.05) is 35.9 Å². The van der Waals surface area contributed by atoms with Crippen LogP contribution in [0.15, 0.2) is 66.7 Å². The predicted octanol–water partition coefficient (Wildman–Crippen LogP) is 5.08. The van der Waals surface area contributed by atoms with Gasteiger partial charge in [0.1, 0.15) is 11.9 Å². The molecule has 30 heavy (non-hydrogen) atoms. The van der Waals surface area contributed by atoms with E-state index in [-0.39, 0.29) is 11.8 Å². The van der Waals surface area contributed by atoms with Gasteiger partial charge in [0, 0.05) is 24.0 Å². The Morgan fingerprint density at radius 3 is 2.50 bits per heavy atom. The fourth-order valence-electron chi connectivity index (χ4n) is 3.51. The third kappa shape index (κ3) is 3.69. The van der Waals surface area contributed by atoms with Crippen molar-refractivity contribution >= 4 is 40.5 Å². The molecule has 1 unspecified atom stereocenters. The Morgan fingerprint density at radius 1 is 1.10 bits per heavy atom. The number of carbonyl (C=O) groups is 2. The molecule has 0 saturated heterocycles. The normalized spacial score (nSPS) is 15.2. The first kappa shape index (κ1) is 19.8. The highest BCUT2D eigenvalue weighted by molar-refractivity contribution is 6.32. The molecule has 7 heteroatoms. The summed E-state index contributed by atoms with van der Waals surface area (Å²) in [4.78, 5) is 26.4. The number of para-hydroxylation sites is 1. The minimum absolute atomic E-state index is 0.137. The SMILES string of the molecule is COc1ccc(N2C(=O)c3ccccc3NC2c2ccc(NC(C)=O)cc2)cc1Cl. The Morgan fingerprint density at radius 2 is 1.83 bits per heavy atom. The Balaban J connectivity index is 1.78. The number of nitrogens with zero attached hydrogens (tertiary/aromatic N) is 1. The second-order valence-corrected chi connectivity index (χ2v) is 7.30. The summed E-state index contributed by atoms with van der Waals surface area (Å²) in [5.74, 6) is 0.258. The van der Waals surface area contributed by atoms with Crippen LogP contribution in [-0.4, -0.2) is 18.9 Å². The predicted molar refractivity (Wildman–Crippen MR) is 118 cm³/mol. The van der Waals surface area contributed by atoms with Gasteiger partial charge >= 0.3 is 0 Å². The zero-order valence-electron chi connectivity index (χ0n) is 16.5. The highest BCUT2D eigenvalue weighted by Crippen LogP contribution is 2.39. The van der Waals surface area contributed by atoms with E-state index in [1.807, 2.05) is 42.5 Å². The molecule has 0 spiro atoms. The first-order valence-electron chi connectivity index (χ1n) is 9.38. The molecule has 4 rings (SSSR count). The van der Waals surface area contributed by atoms with Crippen molar-refractivity contribution < 1.29 is 14.3 Å². The molecular weight excluding hydrogens is 402 g/mol. The van der Waals surface area contributed by atoms with E-state index >= 15 is 0 Å². The molecule has 0 radical (unpaired) electrons. The van der Waals surface area contributed by atoms with Crippen LogP contribution in [0.1, 0.15) is 29.0 Å². The summed E-state index contributed by atoms with van der Waals surface area (Å²) in [7, 11) is 1.55. The lowest BCUT2D eigenvalue weighted by atomic mass is 10.0. The zero-order valence-corrected chi connectivity index (χ0v) is 17.2. The molecule has 1 atom stereocenters. The van der Waals surface area contributed by atoms with Crippen molar-refractivity contribution in [2.24, 2.45) is 0 Å². The van der Waals surface area contributed by atoms with Crippen molar-refractivity contribution in [2.75, 3.05) is 22.6 Å². The summed E-state index contributed by atoms with van der Waals surface area (Å²) >= 11 is 6.34. The molecule has 1 heterocycles. The number of ether oxygens (including phenoxy) is 1. The molecular formula is C23H20ClN3O3. The summed E-state index contributed by atoms with van der Waals surface area (Å²) in [5, 5.41) is 6.61. The molecule has 3 aromatic rings. The molecule has 152 valence electrons. The van der Waals surface area contributed by atoms with Gasteiger partial charge in [0.25, 0.3) is 5.91 Å². The molecule has 0 bridgehead atoms. The zero-order chi connectivity index (χ0) is 21.3. The molecule has 1 aliphatic heterocycles. The number of methoxy groups -OCH3 is 1. The minimum atomic E-state index is -0.455.